The SMILES string of the molecule is c1ccc(-n2c3ccccc3c3c4cccc(-c5cccc(-c6ccc7c8c(cccc68)-c6ccccc6S7)c5)c4ccc32)cc1. The maximum atomic E-state index is 2.39. The molecule has 1 aliphatic heterocycles. The van der Waals surface area contributed by atoms with Crippen LogP contribution in [0.25, 0.3) is 82.4 Å². The Labute approximate surface area is 271 Å². The highest BCUT2D eigenvalue weighted by atomic mass is 32.2. The molecule has 0 aliphatic carbocycles. The minimum atomic E-state index is 1.18. The van der Waals surface area contributed by atoms with Crippen molar-refractivity contribution in [2.45, 2.75) is 9.79 Å². The summed E-state index contributed by atoms with van der Waals surface area (Å²) in [6.45, 7) is 0. The van der Waals surface area contributed by atoms with Gasteiger partial charge in [-0.25, -0.2) is 0 Å². The molecule has 0 spiro atoms. The van der Waals surface area contributed by atoms with Crippen LogP contribution >= 0.6 is 11.8 Å². The van der Waals surface area contributed by atoms with E-state index in [1.54, 1.807) is 0 Å². The van der Waals surface area contributed by atoms with Crippen LogP contribution in [-0.2, 0) is 0 Å². The van der Waals surface area contributed by atoms with Crippen molar-refractivity contribution in [2.24, 2.45) is 0 Å². The van der Waals surface area contributed by atoms with Crippen LogP contribution in [0, 0.1) is 0 Å². The molecular formula is C44H27NS. The van der Waals surface area contributed by atoms with Gasteiger partial charge in [-0.05, 0) is 92.0 Å². The summed E-state index contributed by atoms with van der Waals surface area (Å²) in [4.78, 5) is 2.66. The first-order valence-electron chi connectivity index (χ1n) is 15.8. The molecule has 46 heavy (non-hydrogen) atoms. The highest BCUT2D eigenvalue weighted by molar-refractivity contribution is 7.99. The van der Waals surface area contributed by atoms with E-state index in [0.29, 0.717) is 0 Å². The monoisotopic (exact) mass is 601 g/mol. The van der Waals surface area contributed by atoms with Crippen molar-refractivity contribution in [1.82, 2.24) is 4.57 Å². The van der Waals surface area contributed by atoms with Crippen LogP contribution < -0.4 is 0 Å². The van der Waals surface area contributed by atoms with Gasteiger partial charge in [-0.1, -0.05) is 133 Å². The zero-order valence-electron chi connectivity index (χ0n) is 24.9. The number of aromatic nitrogens is 1. The lowest BCUT2D eigenvalue weighted by Crippen LogP contribution is -1.94. The molecule has 2 heterocycles. The summed E-state index contributed by atoms with van der Waals surface area (Å²) in [5, 5.41) is 7.80. The van der Waals surface area contributed by atoms with Gasteiger partial charge in [-0.3, -0.25) is 0 Å². The predicted molar refractivity (Wildman–Crippen MR) is 196 cm³/mol. The summed E-state index contributed by atoms with van der Waals surface area (Å²) in [5.74, 6) is 0. The summed E-state index contributed by atoms with van der Waals surface area (Å²) < 4.78 is 2.39. The molecular weight excluding hydrogens is 575 g/mol. The molecule has 0 atom stereocenters. The van der Waals surface area contributed by atoms with Crippen LogP contribution in [0.4, 0.5) is 0 Å². The van der Waals surface area contributed by atoms with Crippen molar-refractivity contribution in [3.8, 4) is 39.1 Å². The van der Waals surface area contributed by atoms with Gasteiger partial charge in [0.05, 0.1) is 11.0 Å². The van der Waals surface area contributed by atoms with Gasteiger partial charge in [0.1, 0.15) is 0 Å². The van der Waals surface area contributed by atoms with E-state index in [9.17, 15) is 0 Å². The smallest absolute Gasteiger partial charge is 0.0547 e. The molecule has 0 saturated heterocycles. The Balaban J connectivity index is 1.17. The van der Waals surface area contributed by atoms with Crippen molar-refractivity contribution in [3.63, 3.8) is 0 Å². The van der Waals surface area contributed by atoms with Gasteiger partial charge in [0.25, 0.3) is 0 Å². The first kappa shape index (κ1) is 25.7. The van der Waals surface area contributed by atoms with Crippen LogP contribution in [0.1, 0.15) is 0 Å². The third-order valence-electron chi connectivity index (χ3n) is 9.59. The lowest BCUT2D eigenvalue weighted by Gasteiger charge is -2.21. The second kappa shape index (κ2) is 9.97. The Morgan fingerprint density at radius 1 is 0.348 bits per heavy atom. The highest BCUT2D eigenvalue weighted by Gasteiger charge is 2.21. The van der Waals surface area contributed by atoms with Gasteiger partial charge in [0.2, 0.25) is 0 Å². The second-order valence-corrected chi connectivity index (χ2v) is 13.2. The van der Waals surface area contributed by atoms with Crippen molar-refractivity contribution in [2.75, 3.05) is 0 Å². The molecule has 8 aromatic carbocycles. The van der Waals surface area contributed by atoms with Crippen LogP contribution in [-0.4, -0.2) is 4.57 Å². The number of para-hydroxylation sites is 2. The molecule has 1 nitrogen and oxygen atoms in total. The van der Waals surface area contributed by atoms with E-state index >= 15 is 0 Å². The van der Waals surface area contributed by atoms with E-state index in [-0.39, 0.29) is 0 Å². The van der Waals surface area contributed by atoms with E-state index in [1.165, 1.54) is 92.2 Å². The average molecular weight is 602 g/mol. The van der Waals surface area contributed by atoms with Crippen molar-refractivity contribution < 1.29 is 0 Å². The van der Waals surface area contributed by atoms with Gasteiger partial charge < -0.3 is 4.57 Å². The van der Waals surface area contributed by atoms with Crippen LogP contribution in [0.2, 0.25) is 0 Å². The Kier molecular flexibility index (Phi) is 5.58. The fourth-order valence-corrected chi connectivity index (χ4v) is 8.75. The molecule has 9 aromatic rings. The average Bonchev–Trinajstić information content (AvgIpc) is 3.47. The predicted octanol–water partition coefficient (Wildman–Crippen LogP) is 12.6. The van der Waals surface area contributed by atoms with Crippen molar-refractivity contribution in [3.05, 3.63) is 164 Å². The second-order valence-electron chi connectivity index (χ2n) is 12.1. The number of hydrogen-bond acceptors (Lipinski definition) is 1. The molecule has 10 rings (SSSR count). The first-order valence-corrected chi connectivity index (χ1v) is 16.6. The van der Waals surface area contributed by atoms with Crippen LogP contribution in [0.5, 0.6) is 0 Å². The lowest BCUT2D eigenvalue weighted by molar-refractivity contribution is 1.18. The van der Waals surface area contributed by atoms with E-state index in [4.69, 9.17) is 0 Å². The molecule has 2 heteroatoms. The van der Waals surface area contributed by atoms with E-state index in [1.807, 2.05) is 11.8 Å². The number of hydrogen-bond donors (Lipinski definition) is 0. The summed E-state index contributed by atoms with van der Waals surface area (Å²) >= 11 is 1.88. The summed E-state index contributed by atoms with van der Waals surface area (Å²) in [5.41, 5.74) is 11.3. The largest absolute Gasteiger partial charge is 0.309 e. The maximum absolute atomic E-state index is 2.39. The summed E-state index contributed by atoms with van der Waals surface area (Å²) in [6, 6.07) is 60.1. The fourth-order valence-electron chi connectivity index (χ4n) is 7.62. The molecule has 1 aliphatic rings. The van der Waals surface area contributed by atoms with Gasteiger partial charge in [0, 0.05) is 31.6 Å². The standard InChI is InChI=1S/C44H27NS/c1-2-13-30(14-3-1)45-39-21-6-4-16-38(39)43-36-19-9-17-31(33(36)23-25-40(43)45)28-11-8-12-29(27-28)32-24-26-42-44-35(32)18-10-20-37(44)34-15-5-7-22-41(34)46-42/h1-27H. The Morgan fingerprint density at radius 2 is 1.02 bits per heavy atom. The van der Waals surface area contributed by atoms with Gasteiger partial charge in [-0.2, -0.15) is 0 Å². The van der Waals surface area contributed by atoms with Crippen LogP contribution in [0.15, 0.2) is 174 Å². The third kappa shape index (κ3) is 3.71. The molecule has 0 amide bonds. The van der Waals surface area contributed by atoms with E-state index < -0.39 is 0 Å². The number of rotatable bonds is 3. The lowest BCUT2D eigenvalue weighted by atomic mass is 9.90. The number of fused-ring (bicyclic) bond motifs is 7. The molecule has 1 aromatic heterocycles. The topological polar surface area (TPSA) is 4.93 Å². The van der Waals surface area contributed by atoms with Gasteiger partial charge >= 0.3 is 0 Å². The van der Waals surface area contributed by atoms with Crippen LogP contribution in [0.3, 0.4) is 0 Å². The number of nitrogens with zero attached hydrogens (tertiary/aromatic N) is 1. The third-order valence-corrected chi connectivity index (χ3v) is 10.7. The minimum Gasteiger partial charge on any atom is -0.309 e. The molecule has 0 radical (unpaired) electrons. The quantitative estimate of drug-likeness (QED) is 0.195. The Morgan fingerprint density at radius 3 is 1.91 bits per heavy atom. The molecule has 0 N–H and O–H groups in total. The zero-order valence-corrected chi connectivity index (χ0v) is 25.8. The summed E-state index contributed by atoms with van der Waals surface area (Å²) in [7, 11) is 0. The molecule has 0 fully saturated rings. The summed E-state index contributed by atoms with van der Waals surface area (Å²) in [6.07, 6.45) is 0. The normalized spacial score (nSPS) is 12.3. The Hall–Kier alpha value is -5.57. The fraction of sp³-hybridized carbons (Fsp3) is 0. The molecule has 0 bridgehead atoms. The Bertz CT molecular complexity index is 2660. The molecule has 0 saturated carbocycles. The zero-order chi connectivity index (χ0) is 30.2. The van der Waals surface area contributed by atoms with Crippen molar-refractivity contribution >= 4 is 55.1 Å². The van der Waals surface area contributed by atoms with Gasteiger partial charge in [-0.15, -0.1) is 0 Å². The molecule has 214 valence electrons. The highest BCUT2D eigenvalue weighted by Crippen LogP contribution is 2.50. The van der Waals surface area contributed by atoms with E-state index in [0.717, 1.165) is 0 Å². The molecule has 0 unspecified atom stereocenters. The van der Waals surface area contributed by atoms with E-state index in [2.05, 4.69) is 168 Å². The first-order chi connectivity index (χ1) is 22.8. The minimum absolute atomic E-state index is 1.18. The van der Waals surface area contributed by atoms with Gasteiger partial charge in [0.15, 0.2) is 0 Å². The maximum Gasteiger partial charge on any atom is 0.0547 e. The number of benzene rings is 8. The van der Waals surface area contributed by atoms with Crippen molar-refractivity contribution in [1.29, 1.82) is 0 Å².